The van der Waals surface area contributed by atoms with Gasteiger partial charge in [-0.3, -0.25) is 9.11 Å². The molecule has 2 aromatic rings. The van der Waals surface area contributed by atoms with Crippen LogP contribution in [0, 0.1) is 0 Å². The number of aromatic hydroxyl groups is 1. The maximum absolute atomic E-state index is 10.6. The van der Waals surface area contributed by atoms with E-state index in [1.165, 1.54) is 18.2 Å². The molecule has 0 saturated heterocycles. The van der Waals surface area contributed by atoms with Crippen molar-refractivity contribution in [2.24, 2.45) is 0 Å². The standard InChI is InChI=1S/C6H7NO3S2.C6H6O4S2.2Zn/c2*7-5-3-4(12(8,9)10)1-2-6(5)11;;/h1-3,11H,7H2,(H,8,9,10);1-3,7,11H,(H,8,9,10);;. The number of rotatable bonds is 2. The fourth-order valence-corrected chi connectivity index (χ4v) is 2.65. The summed E-state index contributed by atoms with van der Waals surface area (Å²) in [7, 11) is -8.39. The average molecular weight is 542 g/mol. The molecule has 0 aliphatic rings. The van der Waals surface area contributed by atoms with E-state index in [1.807, 2.05) is 0 Å². The Kier molecular flexibility index (Phi) is 11.8. The monoisotopic (exact) mass is 539 g/mol. The van der Waals surface area contributed by atoms with Gasteiger partial charge in [-0.15, -0.1) is 25.3 Å². The molecule has 0 heterocycles. The molecule has 0 radical (unpaired) electrons. The van der Waals surface area contributed by atoms with Crippen LogP contribution in [-0.4, -0.2) is 31.0 Å². The summed E-state index contributed by atoms with van der Waals surface area (Å²) in [5.41, 5.74) is 5.58. The summed E-state index contributed by atoms with van der Waals surface area (Å²) in [5.74, 6) is -0.284. The summed E-state index contributed by atoms with van der Waals surface area (Å²) >= 11 is 7.75. The van der Waals surface area contributed by atoms with Gasteiger partial charge in [0.1, 0.15) is 5.75 Å². The molecule has 0 bridgehead atoms. The molecule has 0 aliphatic heterocycles. The minimum atomic E-state index is -4.24. The molecule has 0 spiro atoms. The average Bonchev–Trinajstić information content (AvgIpc) is 2.43. The Hall–Kier alpha value is -0.193. The van der Waals surface area contributed by atoms with Crippen molar-refractivity contribution < 1.29 is 70.0 Å². The van der Waals surface area contributed by atoms with Crippen LogP contribution in [0.1, 0.15) is 0 Å². The second-order valence-corrected chi connectivity index (χ2v) is 8.13. The number of phenols is 1. The SMILES string of the molecule is Nc1cc(S(=O)(=O)O)ccc1S.O=S(=O)(O)c1ccc(S)c(O)c1.[Zn].[Zn]. The summed E-state index contributed by atoms with van der Waals surface area (Å²) < 4.78 is 59.3. The summed E-state index contributed by atoms with van der Waals surface area (Å²) in [5, 5.41) is 9.01. The van der Waals surface area contributed by atoms with Crippen LogP contribution >= 0.6 is 25.3 Å². The van der Waals surface area contributed by atoms with Gasteiger partial charge in [-0.2, -0.15) is 16.8 Å². The number of benzene rings is 2. The van der Waals surface area contributed by atoms with Crippen molar-refractivity contribution in [1.82, 2.24) is 0 Å². The Labute approximate surface area is 187 Å². The minimum absolute atomic E-state index is 0. The van der Waals surface area contributed by atoms with Crippen molar-refractivity contribution in [1.29, 1.82) is 0 Å². The van der Waals surface area contributed by atoms with Gasteiger partial charge in [0.15, 0.2) is 0 Å². The molecular formula is C12H13NO7S4Zn2. The first kappa shape index (κ1) is 28.0. The van der Waals surface area contributed by atoms with Gasteiger partial charge in [0.25, 0.3) is 20.2 Å². The minimum Gasteiger partial charge on any atom is -0.507 e. The van der Waals surface area contributed by atoms with Gasteiger partial charge >= 0.3 is 0 Å². The zero-order valence-electron chi connectivity index (χ0n) is 13.1. The van der Waals surface area contributed by atoms with Crippen LogP contribution in [0.4, 0.5) is 5.69 Å². The Morgan fingerprint density at radius 1 is 0.769 bits per heavy atom. The van der Waals surface area contributed by atoms with Gasteiger partial charge < -0.3 is 10.8 Å². The van der Waals surface area contributed by atoms with E-state index in [0.29, 0.717) is 4.90 Å². The van der Waals surface area contributed by atoms with Crippen LogP contribution in [0.25, 0.3) is 0 Å². The molecule has 0 atom stereocenters. The molecule has 0 fully saturated rings. The molecule has 0 amide bonds. The van der Waals surface area contributed by atoms with Crippen LogP contribution in [0.5, 0.6) is 5.75 Å². The Balaban J connectivity index is 0. The molecule has 0 aromatic heterocycles. The smallest absolute Gasteiger partial charge is 0.294 e. The molecule has 0 aliphatic carbocycles. The van der Waals surface area contributed by atoms with E-state index < -0.39 is 20.2 Å². The first-order valence-corrected chi connectivity index (χ1v) is 9.65. The van der Waals surface area contributed by atoms with E-state index >= 15 is 0 Å². The number of phenolic OH excluding ortho intramolecular Hbond substituents is 1. The fraction of sp³-hybridized carbons (Fsp3) is 0. The van der Waals surface area contributed by atoms with Gasteiger partial charge in [0, 0.05) is 60.5 Å². The molecule has 5 N–H and O–H groups in total. The van der Waals surface area contributed by atoms with Crippen LogP contribution in [0.3, 0.4) is 0 Å². The summed E-state index contributed by atoms with van der Waals surface area (Å²) in [6.45, 7) is 0. The predicted octanol–water partition coefficient (Wildman–Crippen LogP) is 1.73. The van der Waals surface area contributed by atoms with Crippen LogP contribution < -0.4 is 5.73 Å². The summed E-state index contributed by atoms with van der Waals surface area (Å²) in [6.07, 6.45) is 0. The molecule has 2 aromatic carbocycles. The largest absolute Gasteiger partial charge is 0.507 e. The Morgan fingerprint density at radius 3 is 1.50 bits per heavy atom. The number of hydrogen-bond donors (Lipinski definition) is 6. The first-order chi connectivity index (χ1) is 10.8. The predicted molar refractivity (Wildman–Crippen MR) is 93.1 cm³/mol. The van der Waals surface area contributed by atoms with E-state index in [0.717, 1.165) is 18.2 Å². The number of anilines is 1. The topological polar surface area (TPSA) is 155 Å². The van der Waals surface area contributed by atoms with Crippen LogP contribution in [0.2, 0.25) is 0 Å². The number of thiol groups is 2. The number of nitrogen functional groups attached to an aromatic ring is 1. The van der Waals surface area contributed by atoms with Crippen molar-refractivity contribution >= 4 is 51.2 Å². The first-order valence-electron chi connectivity index (χ1n) is 5.88. The maximum atomic E-state index is 10.6. The van der Waals surface area contributed by atoms with Crippen molar-refractivity contribution in [2.75, 3.05) is 5.73 Å². The number of hydrogen-bond acceptors (Lipinski definition) is 8. The van der Waals surface area contributed by atoms with Crippen molar-refractivity contribution in [3.63, 3.8) is 0 Å². The van der Waals surface area contributed by atoms with Gasteiger partial charge in [-0.05, 0) is 30.3 Å². The molecular weight excluding hydrogens is 529 g/mol. The van der Waals surface area contributed by atoms with Gasteiger partial charge in [-0.1, -0.05) is 0 Å². The Morgan fingerprint density at radius 2 is 1.15 bits per heavy atom. The van der Waals surface area contributed by atoms with Gasteiger partial charge in [0.05, 0.1) is 9.79 Å². The Bertz CT molecular complexity index is 886. The molecule has 26 heavy (non-hydrogen) atoms. The molecule has 8 nitrogen and oxygen atoms in total. The third-order valence-electron chi connectivity index (χ3n) is 2.54. The van der Waals surface area contributed by atoms with Crippen molar-refractivity contribution in [3.8, 4) is 5.75 Å². The molecule has 2 rings (SSSR count). The zero-order valence-corrected chi connectivity index (χ0v) is 22.5. The van der Waals surface area contributed by atoms with Gasteiger partial charge in [-0.25, -0.2) is 0 Å². The summed E-state index contributed by atoms with van der Waals surface area (Å²) in [4.78, 5) is 0.153. The zero-order chi connectivity index (χ0) is 18.7. The quantitative estimate of drug-likeness (QED) is 0.145. The molecule has 0 saturated carbocycles. The summed E-state index contributed by atoms with van der Waals surface area (Å²) in [6, 6.07) is 7.14. The second kappa shape index (κ2) is 11.0. The van der Waals surface area contributed by atoms with E-state index in [4.69, 9.17) is 19.9 Å². The fourth-order valence-electron chi connectivity index (χ4n) is 1.36. The van der Waals surface area contributed by atoms with Crippen molar-refractivity contribution in [3.05, 3.63) is 36.4 Å². The van der Waals surface area contributed by atoms with Crippen LogP contribution in [0.15, 0.2) is 56.0 Å². The number of nitrogens with two attached hydrogens (primary N) is 1. The molecule has 14 heteroatoms. The van der Waals surface area contributed by atoms with E-state index in [2.05, 4.69) is 25.3 Å². The second-order valence-electron chi connectivity index (χ2n) is 4.32. The van der Waals surface area contributed by atoms with E-state index in [1.54, 1.807) is 0 Å². The molecule has 136 valence electrons. The third-order valence-corrected chi connectivity index (χ3v) is 5.03. The third kappa shape index (κ3) is 8.66. The van der Waals surface area contributed by atoms with E-state index in [-0.39, 0.29) is 65.1 Å². The normalized spacial score (nSPS) is 10.6. The van der Waals surface area contributed by atoms with E-state index in [9.17, 15) is 16.8 Å². The molecule has 0 unspecified atom stereocenters. The maximum Gasteiger partial charge on any atom is 0.294 e. The van der Waals surface area contributed by atoms with Crippen molar-refractivity contribution in [2.45, 2.75) is 19.6 Å². The van der Waals surface area contributed by atoms with Crippen LogP contribution in [-0.2, 0) is 59.2 Å². The van der Waals surface area contributed by atoms with Gasteiger partial charge in [0.2, 0.25) is 0 Å².